The van der Waals surface area contributed by atoms with Crippen molar-refractivity contribution in [3.05, 3.63) is 15.9 Å². The molecule has 0 saturated heterocycles. The Morgan fingerprint density at radius 1 is 1.62 bits per heavy atom. The summed E-state index contributed by atoms with van der Waals surface area (Å²) in [5.74, 6) is 0.689. The van der Waals surface area contributed by atoms with E-state index in [0.717, 1.165) is 15.9 Å². The van der Waals surface area contributed by atoms with Crippen molar-refractivity contribution in [2.24, 2.45) is 13.0 Å². The lowest BCUT2D eigenvalue weighted by Gasteiger charge is -2.12. The number of nitrogens with zero attached hydrogens (tertiary/aromatic N) is 2. The topological polar surface area (TPSA) is 34.9 Å². The zero-order chi connectivity index (χ0) is 12.3. The van der Waals surface area contributed by atoms with Gasteiger partial charge in [-0.05, 0) is 36.2 Å². The molecule has 1 aromatic rings. The summed E-state index contributed by atoms with van der Waals surface area (Å²) in [6.07, 6.45) is 1.41. The maximum absolute atomic E-state index is 11.5. The van der Waals surface area contributed by atoms with Gasteiger partial charge < -0.3 is 0 Å². The highest BCUT2D eigenvalue weighted by molar-refractivity contribution is 9.10. The number of alkyl halides is 1. The van der Waals surface area contributed by atoms with Gasteiger partial charge in [-0.2, -0.15) is 5.10 Å². The number of halogens is 2. The molecule has 90 valence electrons. The van der Waals surface area contributed by atoms with Crippen molar-refractivity contribution < 1.29 is 4.79 Å². The van der Waals surface area contributed by atoms with E-state index in [2.05, 4.69) is 21.0 Å². The van der Waals surface area contributed by atoms with Gasteiger partial charge >= 0.3 is 0 Å². The summed E-state index contributed by atoms with van der Waals surface area (Å²) in [5, 5.41) is 4.31. The molecule has 16 heavy (non-hydrogen) atoms. The Bertz CT molecular complexity index is 390. The van der Waals surface area contributed by atoms with Crippen LogP contribution in [0, 0.1) is 12.8 Å². The molecular formula is C11H16BrClN2O. The van der Waals surface area contributed by atoms with Crippen LogP contribution in [0.25, 0.3) is 0 Å². The number of Topliss-reactive ketones (excluding diaryl/α,β-unsaturated/α-hetero) is 1. The molecular weight excluding hydrogens is 291 g/mol. The Labute approximate surface area is 109 Å². The first kappa shape index (κ1) is 13.7. The summed E-state index contributed by atoms with van der Waals surface area (Å²) < 4.78 is 2.82. The van der Waals surface area contributed by atoms with Gasteiger partial charge in [0.15, 0.2) is 0 Å². The van der Waals surface area contributed by atoms with Crippen LogP contribution in [0.15, 0.2) is 4.47 Å². The summed E-state index contributed by atoms with van der Waals surface area (Å²) in [6.45, 7) is 3.56. The van der Waals surface area contributed by atoms with Crippen LogP contribution in [0.1, 0.15) is 24.7 Å². The molecule has 1 atom stereocenters. The number of hydrogen-bond acceptors (Lipinski definition) is 2. The van der Waals surface area contributed by atoms with Crippen LogP contribution >= 0.6 is 27.5 Å². The van der Waals surface area contributed by atoms with E-state index in [9.17, 15) is 4.79 Å². The Morgan fingerprint density at radius 2 is 2.25 bits per heavy atom. The molecule has 5 heteroatoms. The van der Waals surface area contributed by atoms with E-state index in [0.29, 0.717) is 18.7 Å². The molecule has 3 nitrogen and oxygen atoms in total. The molecule has 0 fully saturated rings. The van der Waals surface area contributed by atoms with Crippen LogP contribution in [0.5, 0.6) is 0 Å². The largest absolute Gasteiger partial charge is 0.300 e. The number of aromatic nitrogens is 2. The van der Waals surface area contributed by atoms with Gasteiger partial charge in [0.1, 0.15) is 5.78 Å². The maximum atomic E-state index is 11.5. The fraction of sp³-hybridized carbons (Fsp3) is 0.636. The molecule has 1 heterocycles. The van der Waals surface area contributed by atoms with Crippen molar-refractivity contribution in [1.29, 1.82) is 0 Å². The van der Waals surface area contributed by atoms with Crippen LogP contribution in [-0.2, 0) is 18.3 Å². The second-order valence-corrected chi connectivity index (χ2v) is 5.13. The summed E-state index contributed by atoms with van der Waals surface area (Å²) in [4.78, 5) is 11.5. The van der Waals surface area contributed by atoms with Gasteiger partial charge in [-0.1, -0.05) is 0 Å². The standard InChI is InChI=1S/C11H16BrClN2O/c1-7-11(12)10(15(3)14-7)6-9(4-5-13)8(2)16/h9H,4-6H2,1-3H3. The minimum atomic E-state index is -0.0106. The molecule has 0 aliphatic heterocycles. The summed E-state index contributed by atoms with van der Waals surface area (Å²) in [5.41, 5.74) is 2.01. The quantitative estimate of drug-likeness (QED) is 0.784. The highest BCUT2D eigenvalue weighted by Crippen LogP contribution is 2.24. The van der Waals surface area contributed by atoms with E-state index < -0.39 is 0 Å². The fourth-order valence-corrected chi connectivity index (χ4v) is 2.48. The van der Waals surface area contributed by atoms with Crippen LogP contribution in [0.4, 0.5) is 0 Å². The third kappa shape index (κ3) is 3.08. The Kier molecular flexibility index (Phi) is 4.99. The summed E-state index contributed by atoms with van der Waals surface area (Å²) in [7, 11) is 1.89. The molecule has 1 unspecified atom stereocenters. The number of aryl methyl sites for hydroxylation is 2. The summed E-state index contributed by atoms with van der Waals surface area (Å²) >= 11 is 9.21. The van der Waals surface area contributed by atoms with Gasteiger partial charge in [0.05, 0.1) is 15.9 Å². The predicted octanol–water partition coefficient (Wildman–Crippen LogP) is 2.87. The van der Waals surface area contributed by atoms with E-state index in [-0.39, 0.29) is 11.7 Å². The zero-order valence-corrected chi connectivity index (χ0v) is 12.1. The molecule has 0 radical (unpaired) electrons. The van der Waals surface area contributed by atoms with Crippen LogP contribution in [0.2, 0.25) is 0 Å². The molecule has 0 spiro atoms. The third-order valence-electron chi connectivity index (χ3n) is 2.73. The van der Waals surface area contributed by atoms with Crippen LogP contribution < -0.4 is 0 Å². The molecule has 0 aliphatic rings. The SMILES string of the molecule is CC(=O)C(CCCl)Cc1c(Br)c(C)nn1C. The lowest BCUT2D eigenvalue weighted by molar-refractivity contribution is -0.120. The number of hydrogen-bond donors (Lipinski definition) is 0. The minimum absolute atomic E-state index is 0.0106. The number of carbonyl (C=O) groups excluding carboxylic acids is 1. The monoisotopic (exact) mass is 306 g/mol. The average molecular weight is 308 g/mol. The van der Waals surface area contributed by atoms with Crippen molar-refractivity contribution in [3.63, 3.8) is 0 Å². The van der Waals surface area contributed by atoms with Crippen molar-refractivity contribution in [2.75, 3.05) is 5.88 Å². The minimum Gasteiger partial charge on any atom is -0.300 e. The highest BCUT2D eigenvalue weighted by Gasteiger charge is 2.19. The molecule has 0 saturated carbocycles. The van der Waals surface area contributed by atoms with Gasteiger partial charge in [0, 0.05) is 25.3 Å². The first-order valence-electron chi connectivity index (χ1n) is 5.21. The fourth-order valence-electron chi connectivity index (χ4n) is 1.72. The molecule has 1 aromatic heterocycles. The molecule has 0 aromatic carbocycles. The van der Waals surface area contributed by atoms with Crippen LogP contribution in [-0.4, -0.2) is 21.4 Å². The highest BCUT2D eigenvalue weighted by atomic mass is 79.9. The lowest BCUT2D eigenvalue weighted by Crippen LogP contribution is -2.16. The van der Waals surface area contributed by atoms with E-state index in [1.807, 2.05) is 18.7 Å². The third-order valence-corrected chi connectivity index (χ3v) is 3.98. The number of ketones is 1. The van der Waals surface area contributed by atoms with Gasteiger partial charge in [-0.25, -0.2) is 0 Å². The van der Waals surface area contributed by atoms with Crippen molar-refractivity contribution in [2.45, 2.75) is 26.7 Å². The molecule has 1 rings (SSSR count). The van der Waals surface area contributed by atoms with Gasteiger partial charge in [-0.3, -0.25) is 9.48 Å². The van der Waals surface area contributed by atoms with Gasteiger partial charge in [-0.15, -0.1) is 11.6 Å². The van der Waals surface area contributed by atoms with E-state index in [4.69, 9.17) is 11.6 Å². The average Bonchev–Trinajstić information content (AvgIpc) is 2.43. The second-order valence-electron chi connectivity index (χ2n) is 3.96. The predicted molar refractivity (Wildman–Crippen MR) is 68.9 cm³/mol. The second kappa shape index (κ2) is 5.82. The molecule has 0 aliphatic carbocycles. The van der Waals surface area contributed by atoms with E-state index >= 15 is 0 Å². The Morgan fingerprint density at radius 3 is 2.62 bits per heavy atom. The first-order chi connectivity index (χ1) is 7.47. The maximum Gasteiger partial charge on any atom is 0.133 e. The van der Waals surface area contributed by atoms with Crippen molar-refractivity contribution in [1.82, 2.24) is 9.78 Å². The lowest BCUT2D eigenvalue weighted by atomic mass is 9.96. The number of carbonyl (C=O) groups is 1. The molecule has 0 bridgehead atoms. The zero-order valence-electron chi connectivity index (χ0n) is 9.76. The van der Waals surface area contributed by atoms with Crippen molar-refractivity contribution >= 4 is 33.3 Å². The summed E-state index contributed by atoms with van der Waals surface area (Å²) in [6, 6.07) is 0. The van der Waals surface area contributed by atoms with E-state index in [1.165, 1.54) is 0 Å². The first-order valence-corrected chi connectivity index (χ1v) is 6.54. The van der Waals surface area contributed by atoms with Gasteiger partial charge in [0.25, 0.3) is 0 Å². The van der Waals surface area contributed by atoms with E-state index in [1.54, 1.807) is 6.92 Å². The normalized spacial score (nSPS) is 12.8. The molecule has 0 amide bonds. The Hall–Kier alpha value is -0.350. The Balaban J connectivity index is 2.88. The smallest absolute Gasteiger partial charge is 0.133 e. The molecule has 0 N–H and O–H groups in total. The number of rotatable bonds is 5. The van der Waals surface area contributed by atoms with Crippen LogP contribution in [0.3, 0.4) is 0 Å². The van der Waals surface area contributed by atoms with Gasteiger partial charge in [0.2, 0.25) is 0 Å². The van der Waals surface area contributed by atoms with Crippen molar-refractivity contribution in [3.8, 4) is 0 Å².